The van der Waals surface area contributed by atoms with Crippen molar-refractivity contribution in [2.45, 2.75) is 38.5 Å². The molecule has 0 fully saturated rings. The number of aliphatic carboxylic acids is 6. The van der Waals surface area contributed by atoms with Crippen molar-refractivity contribution in [1.29, 1.82) is 0 Å². The molecule has 27 heteroatoms. The molecule has 95 heavy (non-hydrogen) atoms. The molecule has 0 amide bonds. The fraction of sp³-hybridized carbons (Fsp3) is 0.0882. The maximum atomic E-state index is 10.1. The number of carbonyl (C=O) groups excluding carboxylic acids is 6. The van der Waals surface area contributed by atoms with Crippen LogP contribution in [0, 0.1) is 74.6 Å². The summed E-state index contributed by atoms with van der Waals surface area (Å²) in [7, 11) is 0. The van der Waals surface area contributed by atoms with Crippen molar-refractivity contribution in [2.75, 3.05) is 0 Å². The Balaban J connectivity index is -0.00000101. The van der Waals surface area contributed by atoms with Crippen molar-refractivity contribution >= 4 is 35.8 Å². The Morgan fingerprint density at radius 3 is 0.432 bits per heavy atom. The minimum atomic E-state index is -1.12. The number of pyridine rings is 4. The molecule has 0 saturated carbocycles. The predicted octanol–water partition coefficient (Wildman–Crippen LogP) is -0.274. The summed E-state index contributed by atoms with van der Waals surface area (Å²) in [5.74, 6) is -5.90. The van der Waals surface area contributed by atoms with Crippen LogP contribution >= 0.6 is 0 Å². The molecule has 0 atom stereocenters. The number of hydrogen-bond acceptors (Lipinski definition) is 22. The molecule has 25 nitrogen and oxygen atoms in total. The average molecular weight is 1610 g/mol. The van der Waals surface area contributed by atoms with Gasteiger partial charge >= 0.3 is 74.6 Å². The average Bonchev–Trinajstić information content (AvgIpc) is 3.10. The van der Waals surface area contributed by atoms with E-state index in [9.17, 15) is 59.4 Å². The van der Waals surface area contributed by atoms with Gasteiger partial charge in [-0.3, -0.25) is 19.9 Å². The van der Waals surface area contributed by atoms with Crippen LogP contribution < -0.4 is 30.6 Å². The third-order valence-electron chi connectivity index (χ3n) is 11.1. The molecule has 14 N–H and O–H groups in total. The van der Waals surface area contributed by atoms with Gasteiger partial charge in [-0.15, -0.1) is 0 Å². The number of aromatic nitrogens is 4. The fourth-order valence-corrected chi connectivity index (χ4v) is 6.86. The van der Waals surface area contributed by atoms with Crippen molar-refractivity contribution in [3.63, 3.8) is 0 Å². The van der Waals surface area contributed by atoms with E-state index in [2.05, 4.69) is 19.9 Å². The van der Waals surface area contributed by atoms with Gasteiger partial charge in [-0.2, -0.15) is 0 Å². The number of carboxylic acid groups (broad SMARTS) is 6. The maximum absolute atomic E-state index is 10.1. The Kier molecular flexibility index (Phi) is 48.2. The van der Waals surface area contributed by atoms with E-state index in [-0.39, 0.29) is 164 Å². The van der Waals surface area contributed by atoms with Crippen LogP contribution in [0.15, 0.2) is 244 Å². The molecule has 10 rings (SSSR count). The van der Waals surface area contributed by atoms with Crippen LogP contribution in [0.5, 0.6) is 34.5 Å². The molecule has 6 aromatic carbocycles. The largest absolute Gasteiger partial charge is 3.00 e. The quantitative estimate of drug-likeness (QED) is 0.0763. The van der Waals surface area contributed by atoms with Gasteiger partial charge in [0.15, 0.2) is 0 Å². The van der Waals surface area contributed by atoms with E-state index in [1.165, 1.54) is 95.1 Å². The van der Waals surface area contributed by atoms with Gasteiger partial charge < -0.3 is 106 Å². The Morgan fingerprint density at radius 2 is 0.337 bits per heavy atom. The van der Waals surface area contributed by atoms with Crippen molar-refractivity contribution in [3.8, 4) is 56.8 Å². The zero-order valence-electron chi connectivity index (χ0n) is 49.9. The first kappa shape index (κ1) is 89.1. The summed E-state index contributed by atoms with van der Waals surface area (Å²) < 4.78 is 0. The first-order valence-electron chi connectivity index (χ1n) is 26.5. The van der Waals surface area contributed by atoms with E-state index in [1.807, 2.05) is 48.5 Å². The number of rotatable bonds is 14. The minimum Gasteiger partial charge on any atom is -0.550 e. The van der Waals surface area contributed by atoms with Crippen molar-refractivity contribution in [3.05, 3.63) is 277 Å². The van der Waals surface area contributed by atoms with Gasteiger partial charge in [0.1, 0.15) is 34.5 Å². The van der Waals surface area contributed by atoms with E-state index < -0.39 is 35.8 Å². The summed E-state index contributed by atoms with van der Waals surface area (Å²) in [6, 6.07) is 51.7. The van der Waals surface area contributed by atoms with E-state index in [4.69, 9.17) is 30.6 Å². The molecule has 506 valence electrons. The van der Waals surface area contributed by atoms with Gasteiger partial charge in [-0.05, 0) is 177 Å². The number of nitrogens with zero attached hydrogens (tertiary/aromatic N) is 4. The normalized spacial score (nSPS) is 9.01. The molecule has 0 aliphatic heterocycles. The van der Waals surface area contributed by atoms with Gasteiger partial charge in [0.25, 0.3) is 0 Å². The molecular weight excluding hydrogens is 1540 g/mol. The molecule has 4 heterocycles. The Labute approximate surface area is 604 Å². The maximum Gasteiger partial charge on any atom is 3.00 e. The molecular formula is C68H66Er2N4O21+2. The van der Waals surface area contributed by atoms with Crippen LogP contribution in [0.2, 0.25) is 0 Å². The van der Waals surface area contributed by atoms with Crippen molar-refractivity contribution in [1.82, 2.24) is 19.9 Å². The summed E-state index contributed by atoms with van der Waals surface area (Å²) in [6.07, 6.45) is 13.6. The first-order valence-corrected chi connectivity index (χ1v) is 26.5. The van der Waals surface area contributed by atoms with Gasteiger partial charge in [0.2, 0.25) is 0 Å². The molecule has 0 aliphatic rings. The van der Waals surface area contributed by atoms with Crippen LogP contribution in [0.3, 0.4) is 0 Å². The van der Waals surface area contributed by atoms with Gasteiger partial charge in [0, 0.05) is 124 Å². The van der Waals surface area contributed by atoms with Crippen LogP contribution in [0.4, 0.5) is 0 Å². The number of phenolic OH excluding ortho intramolecular Hbond substituents is 6. The smallest absolute Gasteiger partial charge is 0.550 e. The van der Waals surface area contributed by atoms with Crippen molar-refractivity contribution < 1.29 is 181 Å². The monoisotopic (exact) mass is 1610 g/mol. The van der Waals surface area contributed by atoms with Crippen LogP contribution in [0.25, 0.3) is 22.3 Å². The first-order chi connectivity index (χ1) is 43.0. The Hall–Kier alpha value is -10.1. The molecule has 0 aliphatic carbocycles. The van der Waals surface area contributed by atoms with Crippen LogP contribution in [-0.2, 0) is 78.2 Å². The Bertz CT molecular complexity index is 3110. The van der Waals surface area contributed by atoms with E-state index >= 15 is 0 Å². The van der Waals surface area contributed by atoms with E-state index in [1.54, 1.807) is 122 Å². The Morgan fingerprint density at radius 1 is 0.232 bits per heavy atom. The molecule has 10 aromatic rings. The summed E-state index contributed by atoms with van der Waals surface area (Å²) in [6.45, 7) is 0. The number of carboxylic acids is 6. The standard InChI is InChI=1S/2C10H8N2.6C8H8O3.2Er.3H2O/c2*1-5-11-6-2-9(1)10-3-7-12-8-4-10;6*9-7-3-1-6(2-4-7)5-8(10)11;;;;;/h2*1-8H;6*1-4,9H,5H2,(H,10,11);;;3*1H2/q;;;;;;;;2*+3;;;/p-4. The summed E-state index contributed by atoms with van der Waals surface area (Å²) in [5.41, 5.74) is 8.46. The van der Waals surface area contributed by atoms with Gasteiger partial charge in [-0.25, -0.2) is 0 Å². The number of benzene rings is 6. The molecule has 0 unspecified atom stereocenters. The topological polar surface area (TPSA) is 511 Å². The summed E-state index contributed by atoms with van der Waals surface area (Å²) >= 11 is 0. The summed E-state index contributed by atoms with van der Waals surface area (Å²) in [5, 5.41) is 113. The molecule has 2 radical (unpaired) electrons. The summed E-state index contributed by atoms with van der Waals surface area (Å²) in [4.78, 5) is 76.3. The second kappa shape index (κ2) is 51.4. The molecule has 0 saturated heterocycles. The number of carbonyl (C=O) groups is 6. The van der Waals surface area contributed by atoms with Crippen LogP contribution in [-0.4, -0.2) is 91.9 Å². The second-order valence-electron chi connectivity index (χ2n) is 18.2. The van der Waals surface area contributed by atoms with Gasteiger partial charge in [0.05, 0.1) is 0 Å². The second-order valence-corrected chi connectivity index (χ2v) is 18.2. The third-order valence-corrected chi connectivity index (χ3v) is 11.1. The zero-order valence-corrected chi connectivity index (χ0v) is 53.6. The number of phenols is 6. The minimum absolute atomic E-state index is 0. The van der Waals surface area contributed by atoms with E-state index in [0.717, 1.165) is 0 Å². The molecule has 0 bridgehead atoms. The number of aromatic hydroxyl groups is 6. The fourth-order valence-electron chi connectivity index (χ4n) is 6.86. The molecule has 0 spiro atoms. The zero-order chi connectivity index (χ0) is 66.1. The molecule has 4 aromatic heterocycles. The van der Waals surface area contributed by atoms with Gasteiger partial charge in [-0.1, -0.05) is 72.8 Å². The number of hydrogen-bond donors (Lipinski definition) is 6. The van der Waals surface area contributed by atoms with Crippen molar-refractivity contribution in [2.24, 2.45) is 0 Å². The predicted molar refractivity (Wildman–Crippen MR) is 329 cm³/mol. The SMILES string of the molecule is O.O=C([O-])Cc1ccc(O)cc1.O=C([O-])Cc1ccc(O)cc1.O=C([O-])Cc1ccc(O)cc1.O=C([O-])Cc1ccc(O)cc1.O=C([O-])Cc1ccc(O)cc1.O=C([O-])Cc1ccc(O)cc1.[Er+3].[Er+3].[OH3+].[OH3+].c1cc(-c2ccncc2)ccn1.c1cc(-c2ccncc2)ccn1. The third kappa shape index (κ3) is 43.4. The van der Waals surface area contributed by atoms with E-state index in [0.29, 0.717) is 33.4 Å². The van der Waals surface area contributed by atoms with Crippen LogP contribution in [0.1, 0.15) is 33.4 Å².